The van der Waals surface area contributed by atoms with Gasteiger partial charge in [0, 0.05) is 7.05 Å². The fourth-order valence-electron chi connectivity index (χ4n) is 0.854. The van der Waals surface area contributed by atoms with Crippen LogP contribution in [0.2, 0.25) is 0 Å². The summed E-state index contributed by atoms with van der Waals surface area (Å²) in [6.07, 6.45) is 0.571. The second-order valence-electron chi connectivity index (χ2n) is 2.14. The highest BCUT2D eigenvalue weighted by Gasteiger charge is 2.09. The number of imidazole rings is 1. The molecule has 0 aliphatic heterocycles. The van der Waals surface area contributed by atoms with Gasteiger partial charge in [-0.25, -0.2) is 4.98 Å². The van der Waals surface area contributed by atoms with Crippen LogP contribution in [0.15, 0.2) is 0 Å². The van der Waals surface area contributed by atoms with Crippen LogP contribution in [-0.2, 0) is 13.7 Å². The number of anilines is 1. The van der Waals surface area contributed by atoms with Gasteiger partial charge >= 0.3 is 0 Å². The molecule has 0 radical (unpaired) electrons. The van der Waals surface area contributed by atoms with Crippen molar-refractivity contribution in [2.75, 3.05) is 5.73 Å². The third-order valence-electron chi connectivity index (χ3n) is 1.54. The smallest absolute Gasteiger partial charge is 0.200 e. The minimum atomic E-state index is -0.227. The Morgan fingerprint density at radius 1 is 1.82 bits per heavy atom. The summed E-state index contributed by atoms with van der Waals surface area (Å²) in [7, 11) is 1.64. The molecule has 0 aliphatic carbocycles. The van der Waals surface area contributed by atoms with E-state index in [4.69, 9.17) is 10.8 Å². The van der Waals surface area contributed by atoms with Gasteiger partial charge in [-0.2, -0.15) is 0 Å². The predicted octanol–water partition coefficient (Wildman–Crippen LogP) is -0.693. The van der Waals surface area contributed by atoms with E-state index in [0.717, 1.165) is 0 Å². The summed E-state index contributed by atoms with van der Waals surface area (Å²) in [6, 6.07) is 0. The van der Waals surface area contributed by atoms with Gasteiger partial charge in [-0.1, -0.05) is 0 Å². The number of aliphatic hydroxyl groups excluding tert-OH is 1. The molecule has 0 aromatic carbocycles. The first-order valence-electron chi connectivity index (χ1n) is 3.07. The lowest BCUT2D eigenvalue weighted by atomic mass is 10.3. The van der Waals surface area contributed by atoms with Gasteiger partial charge in [-0.05, 0) is 0 Å². The highest BCUT2D eigenvalue weighted by Crippen LogP contribution is 2.09. The van der Waals surface area contributed by atoms with Gasteiger partial charge in [-0.3, -0.25) is 4.79 Å². The average molecular weight is 155 g/mol. The number of rotatable bonds is 2. The molecule has 0 spiro atoms. The van der Waals surface area contributed by atoms with Crippen molar-refractivity contribution in [2.45, 2.75) is 6.61 Å². The number of aromatic nitrogens is 2. The monoisotopic (exact) mass is 155 g/mol. The molecule has 1 heterocycles. The molecule has 1 aromatic rings. The summed E-state index contributed by atoms with van der Waals surface area (Å²) in [6.45, 7) is -0.227. The summed E-state index contributed by atoms with van der Waals surface area (Å²) in [4.78, 5) is 14.0. The fourth-order valence-corrected chi connectivity index (χ4v) is 0.854. The summed E-state index contributed by atoms with van der Waals surface area (Å²) < 4.78 is 1.48. The number of carbonyl (C=O) groups is 1. The van der Waals surface area contributed by atoms with E-state index in [1.165, 1.54) is 4.57 Å². The molecular weight excluding hydrogens is 146 g/mol. The van der Waals surface area contributed by atoms with Crippen LogP contribution >= 0.6 is 0 Å². The number of hydrogen-bond donors (Lipinski definition) is 2. The third kappa shape index (κ3) is 1.10. The summed E-state index contributed by atoms with van der Waals surface area (Å²) in [5.41, 5.74) is 6.02. The van der Waals surface area contributed by atoms with E-state index in [0.29, 0.717) is 12.0 Å². The molecule has 0 saturated carbocycles. The first-order valence-corrected chi connectivity index (χ1v) is 3.07. The van der Waals surface area contributed by atoms with E-state index in [9.17, 15) is 4.79 Å². The van der Waals surface area contributed by atoms with Gasteiger partial charge in [0.1, 0.15) is 5.69 Å². The van der Waals surface area contributed by atoms with E-state index in [2.05, 4.69) is 4.98 Å². The van der Waals surface area contributed by atoms with E-state index in [-0.39, 0.29) is 18.2 Å². The lowest BCUT2D eigenvalue weighted by molar-refractivity contribution is 0.111. The first kappa shape index (κ1) is 7.74. The van der Waals surface area contributed by atoms with E-state index in [1.807, 2.05) is 0 Å². The molecule has 0 unspecified atom stereocenters. The van der Waals surface area contributed by atoms with E-state index < -0.39 is 0 Å². The second kappa shape index (κ2) is 2.71. The highest BCUT2D eigenvalue weighted by atomic mass is 16.3. The summed E-state index contributed by atoms with van der Waals surface area (Å²) in [5.74, 6) is 0.233. The predicted molar refractivity (Wildman–Crippen MR) is 38.9 cm³/mol. The van der Waals surface area contributed by atoms with Crippen molar-refractivity contribution in [3.63, 3.8) is 0 Å². The van der Waals surface area contributed by atoms with Crippen molar-refractivity contribution < 1.29 is 9.90 Å². The molecule has 0 amide bonds. The van der Waals surface area contributed by atoms with Crippen molar-refractivity contribution in [1.29, 1.82) is 0 Å². The normalized spacial score (nSPS) is 10.0. The lowest BCUT2D eigenvalue weighted by Gasteiger charge is -1.97. The van der Waals surface area contributed by atoms with Gasteiger partial charge in [0.2, 0.25) is 5.95 Å². The fraction of sp³-hybridized carbons (Fsp3) is 0.333. The van der Waals surface area contributed by atoms with Gasteiger partial charge in [0.15, 0.2) is 6.29 Å². The molecule has 5 nitrogen and oxygen atoms in total. The van der Waals surface area contributed by atoms with Crippen LogP contribution in [0.25, 0.3) is 0 Å². The zero-order chi connectivity index (χ0) is 8.43. The van der Waals surface area contributed by atoms with Crippen molar-refractivity contribution in [1.82, 2.24) is 9.55 Å². The van der Waals surface area contributed by atoms with Gasteiger partial charge in [-0.15, -0.1) is 0 Å². The SMILES string of the molecule is Cn1c(N)nc(C=O)c1CO. The number of aldehydes is 1. The molecule has 3 N–H and O–H groups in total. The van der Waals surface area contributed by atoms with Crippen LogP contribution in [0, 0.1) is 0 Å². The first-order chi connectivity index (χ1) is 5.20. The van der Waals surface area contributed by atoms with Crippen LogP contribution in [0.3, 0.4) is 0 Å². The summed E-state index contributed by atoms with van der Waals surface area (Å²) >= 11 is 0. The quantitative estimate of drug-likeness (QED) is 0.554. The van der Waals surface area contributed by atoms with Crippen molar-refractivity contribution in [3.05, 3.63) is 11.4 Å². The topological polar surface area (TPSA) is 81.1 Å². The number of nitrogens with zero attached hydrogens (tertiary/aromatic N) is 2. The minimum Gasteiger partial charge on any atom is -0.390 e. The molecule has 0 saturated heterocycles. The van der Waals surface area contributed by atoms with Crippen molar-refractivity contribution in [2.24, 2.45) is 7.05 Å². The number of hydrogen-bond acceptors (Lipinski definition) is 4. The maximum atomic E-state index is 10.3. The van der Waals surface area contributed by atoms with Crippen LogP contribution in [0.5, 0.6) is 0 Å². The molecule has 0 fully saturated rings. The Hall–Kier alpha value is -1.36. The maximum absolute atomic E-state index is 10.3. The largest absolute Gasteiger partial charge is 0.390 e. The lowest BCUT2D eigenvalue weighted by Crippen LogP contribution is -2.01. The Bertz CT molecular complexity index is 280. The molecule has 5 heteroatoms. The zero-order valence-corrected chi connectivity index (χ0v) is 6.11. The second-order valence-corrected chi connectivity index (χ2v) is 2.14. The van der Waals surface area contributed by atoms with Gasteiger partial charge in [0.05, 0.1) is 12.3 Å². The van der Waals surface area contributed by atoms with Gasteiger partial charge < -0.3 is 15.4 Å². The zero-order valence-electron chi connectivity index (χ0n) is 6.11. The molecule has 0 atom stereocenters. The average Bonchev–Trinajstić information content (AvgIpc) is 2.28. The molecule has 1 aromatic heterocycles. The number of nitrogens with two attached hydrogens (primary N) is 1. The standard InChI is InChI=1S/C6H9N3O2/c1-9-5(3-11)4(2-10)8-6(9)7/h2,11H,3H2,1H3,(H2,7,8). The minimum absolute atomic E-state index is 0.201. The Labute approximate surface area is 63.5 Å². The number of aliphatic hydroxyl groups is 1. The van der Waals surface area contributed by atoms with E-state index in [1.54, 1.807) is 7.05 Å². The molecule has 1 rings (SSSR count). The Morgan fingerprint density at radius 2 is 2.45 bits per heavy atom. The van der Waals surface area contributed by atoms with Gasteiger partial charge in [0.25, 0.3) is 0 Å². The number of carbonyl (C=O) groups excluding carboxylic acids is 1. The van der Waals surface area contributed by atoms with Crippen LogP contribution in [0.4, 0.5) is 5.95 Å². The highest BCUT2D eigenvalue weighted by molar-refractivity contribution is 5.74. The molecule has 0 bridgehead atoms. The Morgan fingerprint density at radius 3 is 2.82 bits per heavy atom. The number of nitrogen functional groups attached to an aromatic ring is 1. The molecule has 0 aliphatic rings. The Kier molecular flexibility index (Phi) is 1.91. The molecule has 11 heavy (non-hydrogen) atoms. The van der Waals surface area contributed by atoms with Crippen LogP contribution < -0.4 is 5.73 Å². The maximum Gasteiger partial charge on any atom is 0.200 e. The van der Waals surface area contributed by atoms with Crippen LogP contribution in [0.1, 0.15) is 16.2 Å². The Balaban J connectivity index is 3.26. The van der Waals surface area contributed by atoms with Crippen LogP contribution in [-0.4, -0.2) is 20.9 Å². The molecular formula is C6H9N3O2. The third-order valence-corrected chi connectivity index (χ3v) is 1.54. The molecule has 60 valence electrons. The summed E-state index contributed by atoms with van der Waals surface area (Å²) in [5, 5.41) is 8.77. The van der Waals surface area contributed by atoms with Crippen molar-refractivity contribution >= 4 is 12.2 Å². The van der Waals surface area contributed by atoms with E-state index >= 15 is 0 Å². The van der Waals surface area contributed by atoms with Crippen molar-refractivity contribution in [3.8, 4) is 0 Å².